The molecule has 0 amide bonds. The van der Waals surface area contributed by atoms with Crippen LogP contribution < -0.4 is 10.6 Å². The lowest BCUT2D eigenvalue weighted by atomic mass is 9.95. The van der Waals surface area contributed by atoms with Gasteiger partial charge in [0.2, 0.25) is 0 Å². The molecule has 0 aromatic heterocycles. The molecule has 1 fully saturated rings. The van der Waals surface area contributed by atoms with Crippen molar-refractivity contribution in [2.24, 2.45) is 5.73 Å². The van der Waals surface area contributed by atoms with Crippen LogP contribution in [0.3, 0.4) is 0 Å². The van der Waals surface area contributed by atoms with Crippen molar-refractivity contribution in [3.05, 3.63) is 30.3 Å². The van der Waals surface area contributed by atoms with E-state index in [9.17, 15) is 5.11 Å². The fourth-order valence-electron chi connectivity index (χ4n) is 2.92. The molecule has 3 N–H and O–H groups in total. The van der Waals surface area contributed by atoms with Gasteiger partial charge in [-0.25, -0.2) is 0 Å². The number of aliphatic hydroxyl groups is 1. The van der Waals surface area contributed by atoms with Gasteiger partial charge < -0.3 is 15.7 Å². The molecule has 21 heavy (non-hydrogen) atoms. The van der Waals surface area contributed by atoms with Crippen molar-refractivity contribution < 1.29 is 5.11 Å². The van der Waals surface area contributed by atoms with Gasteiger partial charge in [-0.15, -0.1) is 0 Å². The molecule has 118 valence electrons. The van der Waals surface area contributed by atoms with E-state index < -0.39 is 5.60 Å². The minimum Gasteiger partial charge on any atom is -0.389 e. The number of anilines is 1. The first-order valence-electron chi connectivity index (χ1n) is 8.12. The third kappa shape index (κ3) is 4.70. The molecular weight excluding hydrogens is 262 g/mol. The maximum absolute atomic E-state index is 10.2. The summed E-state index contributed by atoms with van der Waals surface area (Å²) in [6.07, 6.45) is 2.57. The summed E-state index contributed by atoms with van der Waals surface area (Å²) in [5.74, 6) is 0. The summed E-state index contributed by atoms with van der Waals surface area (Å²) in [6.45, 7) is 7.80. The Bertz CT molecular complexity index is 398. The van der Waals surface area contributed by atoms with Crippen molar-refractivity contribution in [1.29, 1.82) is 0 Å². The number of piperazine rings is 1. The lowest BCUT2D eigenvalue weighted by Gasteiger charge is -2.36. The molecule has 1 aliphatic heterocycles. The van der Waals surface area contributed by atoms with Crippen molar-refractivity contribution in [3.8, 4) is 0 Å². The van der Waals surface area contributed by atoms with E-state index in [1.807, 2.05) is 6.92 Å². The van der Waals surface area contributed by atoms with E-state index in [0.717, 1.165) is 52.0 Å². The molecule has 1 aromatic rings. The molecule has 1 atom stereocenters. The Hall–Kier alpha value is -1.10. The highest BCUT2D eigenvalue weighted by atomic mass is 16.3. The second kappa shape index (κ2) is 7.78. The molecule has 0 bridgehead atoms. The van der Waals surface area contributed by atoms with E-state index in [0.29, 0.717) is 6.54 Å². The fourth-order valence-corrected chi connectivity index (χ4v) is 2.92. The molecule has 1 heterocycles. The minimum atomic E-state index is -0.661. The molecule has 1 saturated heterocycles. The molecule has 1 aromatic carbocycles. The van der Waals surface area contributed by atoms with E-state index in [-0.39, 0.29) is 0 Å². The summed E-state index contributed by atoms with van der Waals surface area (Å²) in [5, 5.41) is 10.2. The Balaban J connectivity index is 1.70. The third-order valence-corrected chi connectivity index (χ3v) is 4.65. The van der Waals surface area contributed by atoms with Crippen LogP contribution in [0.15, 0.2) is 30.3 Å². The zero-order valence-corrected chi connectivity index (χ0v) is 13.2. The minimum absolute atomic E-state index is 0.366. The molecule has 1 aliphatic rings. The summed E-state index contributed by atoms with van der Waals surface area (Å²) < 4.78 is 0. The molecule has 4 heteroatoms. The normalized spacial score (nSPS) is 19.5. The Labute approximate surface area is 128 Å². The molecule has 2 rings (SSSR count). The highest BCUT2D eigenvalue weighted by molar-refractivity contribution is 5.46. The first-order valence-corrected chi connectivity index (χ1v) is 8.12. The number of hydrogen-bond donors (Lipinski definition) is 2. The Morgan fingerprint density at radius 1 is 1.14 bits per heavy atom. The molecule has 0 spiro atoms. The van der Waals surface area contributed by atoms with Crippen LogP contribution in [-0.4, -0.2) is 54.9 Å². The van der Waals surface area contributed by atoms with Crippen molar-refractivity contribution in [2.45, 2.75) is 31.8 Å². The zero-order chi connectivity index (χ0) is 15.1. The van der Waals surface area contributed by atoms with E-state index >= 15 is 0 Å². The highest BCUT2D eigenvalue weighted by Gasteiger charge is 2.23. The topological polar surface area (TPSA) is 52.7 Å². The predicted octanol–water partition coefficient (Wildman–Crippen LogP) is 1.69. The van der Waals surface area contributed by atoms with Gasteiger partial charge in [0.15, 0.2) is 0 Å². The maximum Gasteiger partial charge on any atom is 0.0767 e. The number of nitrogens with zero attached hydrogens (tertiary/aromatic N) is 2. The number of para-hydroxylation sites is 1. The number of nitrogens with two attached hydrogens (primary N) is 1. The molecule has 0 saturated carbocycles. The van der Waals surface area contributed by atoms with Gasteiger partial charge in [0.1, 0.15) is 0 Å². The van der Waals surface area contributed by atoms with Gasteiger partial charge in [0.25, 0.3) is 0 Å². The van der Waals surface area contributed by atoms with Crippen LogP contribution in [0, 0.1) is 0 Å². The van der Waals surface area contributed by atoms with Crippen molar-refractivity contribution in [2.75, 3.05) is 44.2 Å². The van der Waals surface area contributed by atoms with Gasteiger partial charge in [-0.2, -0.15) is 0 Å². The van der Waals surface area contributed by atoms with Crippen LogP contribution in [-0.2, 0) is 0 Å². The zero-order valence-electron chi connectivity index (χ0n) is 13.2. The van der Waals surface area contributed by atoms with Crippen LogP contribution >= 0.6 is 0 Å². The van der Waals surface area contributed by atoms with Gasteiger partial charge in [-0.05, 0) is 37.9 Å². The van der Waals surface area contributed by atoms with Crippen molar-refractivity contribution in [1.82, 2.24) is 4.90 Å². The largest absolute Gasteiger partial charge is 0.389 e. The van der Waals surface area contributed by atoms with Crippen molar-refractivity contribution >= 4 is 5.69 Å². The van der Waals surface area contributed by atoms with Gasteiger partial charge >= 0.3 is 0 Å². The Kier molecular flexibility index (Phi) is 6.03. The van der Waals surface area contributed by atoms with Gasteiger partial charge in [-0.1, -0.05) is 25.1 Å². The molecule has 4 nitrogen and oxygen atoms in total. The van der Waals surface area contributed by atoms with Crippen molar-refractivity contribution in [3.63, 3.8) is 0 Å². The average Bonchev–Trinajstić information content (AvgIpc) is 2.56. The van der Waals surface area contributed by atoms with Crippen LogP contribution in [0.25, 0.3) is 0 Å². The summed E-state index contributed by atoms with van der Waals surface area (Å²) in [5.41, 5.74) is 6.31. The van der Waals surface area contributed by atoms with E-state index in [1.54, 1.807) is 0 Å². The van der Waals surface area contributed by atoms with Crippen LogP contribution in [0.4, 0.5) is 5.69 Å². The maximum atomic E-state index is 10.2. The number of hydrogen-bond acceptors (Lipinski definition) is 4. The fraction of sp³-hybridized carbons (Fsp3) is 0.647. The van der Waals surface area contributed by atoms with Gasteiger partial charge in [0, 0.05) is 38.4 Å². The number of rotatable bonds is 7. The van der Waals surface area contributed by atoms with Gasteiger partial charge in [-0.3, -0.25) is 4.90 Å². The second-order valence-electron chi connectivity index (χ2n) is 6.05. The number of benzene rings is 1. The SMILES string of the molecule is CCC(O)(CN)CCCN1CCN(c2ccccc2)CC1. The van der Waals surface area contributed by atoms with Crippen LogP contribution in [0.2, 0.25) is 0 Å². The van der Waals surface area contributed by atoms with Gasteiger partial charge in [0.05, 0.1) is 5.60 Å². The van der Waals surface area contributed by atoms with E-state index in [4.69, 9.17) is 5.73 Å². The monoisotopic (exact) mass is 291 g/mol. The molecular formula is C17H29N3O. The summed E-state index contributed by atoms with van der Waals surface area (Å²) >= 11 is 0. The Morgan fingerprint density at radius 3 is 2.38 bits per heavy atom. The molecule has 0 radical (unpaired) electrons. The average molecular weight is 291 g/mol. The van der Waals surface area contributed by atoms with Crippen LogP contribution in [0.5, 0.6) is 0 Å². The Morgan fingerprint density at radius 2 is 1.81 bits per heavy atom. The smallest absolute Gasteiger partial charge is 0.0767 e. The predicted molar refractivity (Wildman–Crippen MR) is 88.6 cm³/mol. The van der Waals surface area contributed by atoms with E-state index in [2.05, 4.69) is 40.1 Å². The summed E-state index contributed by atoms with van der Waals surface area (Å²) in [7, 11) is 0. The quantitative estimate of drug-likeness (QED) is 0.803. The van der Waals surface area contributed by atoms with Crippen LogP contribution in [0.1, 0.15) is 26.2 Å². The third-order valence-electron chi connectivity index (χ3n) is 4.65. The lowest BCUT2D eigenvalue weighted by Crippen LogP contribution is -2.47. The first-order chi connectivity index (χ1) is 10.2. The molecule has 1 unspecified atom stereocenters. The summed E-state index contributed by atoms with van der Waals surface area (Å²) in [4.78, 5) is 4.94. The molecule has 0 aliphatic carbocycles. The summed E-state index contributed by atoms with van der Waals surface area (Å²) in [6, 6.07) is 10.6. The lowest BCUT2D eigenvalue weighted by molar-refractivity contribution is 0.0314. The highest BCUT2D eigenvalue weighted by Crippen LogP contribution is 2.18. The first kappa shape index (κ1) is 16.3. The second-order valence-corrected chi connectivity index (χ2v) is 6.05. The standard InChI is InChI=1S/C17H29N3O/c1-2-17(21,15-18)9-6-10-19-11-13-20(14-12-19)16-7-4-3-5-8-16/h3-5,7-8,21H,2,6,9-15,18H2,1H3. The van der Waals surface area contributed by atoms with E-state index in [1.165, 1.54) is 5.69 Å².